The van der Waals surface area contributed by atoms with Gasteiger partial charge in [0.05, 0.1) is 9.82 Å². The molecule has 2 aromatic carbocycles. The molecule has 0 fully saturated rings. The van der Waals surface area contributed by atoms with Crippen LogP contribution in [0, 0.1) is 17.0 Å². The van der Waals surface area contributed by atoms with Crippen LogP contribution < -0.4 is 4.72 Å². The summed E-state index contributed by atoms with van der Waals surface area (Å²) < 4.78 is 27.1. The summed E-state index contributed by atoms with van der Waals surface area (Å²) in [6, 6.07) is 11.0. The average Bonchev–Trinajstić information content (AvgIpc) is 2.53. The van der Waals surface area contributed by atoms with Crippen molar-refractivity contribution in [2.75, 3.05) is 12.3 Å². The van der Waals surface area contributed by atoms with Crippen molar-refractivity contribution in [3.05, 3.63) is 63.2 Å². The number of thioether (sulfide) groups is 1. The first-order valence-corrected chi connectivity index (χ1v) is 9.77. The summed E-state index contributed by atoms with van der Waals surface area (Å²) in [6.07, 6.45) is 0. The van der Waals surface area contributed by atoms with Crippen molar-refractivity contribution < 1.29 is 13.3 Å². The number of hydrogen-bond acceptors (Lipinski definition) is 5. The van der Waals surface area contributed by atoms with Crippen LogP contribution in [-0.4, -0.2) is 25.6 Å². The molecule has 6 nitrogen and oxygen atoms in total. The predicted octanol–water partition coefficient (Wildman–Crippen LogP) is 3.63. The number of aryl methyl sites for hydroxylation is 1. The largest absolute Gasteiger partial charge is 0.270 e. The minimum Gasteiger partial charge on any atom is -0.258 e. The predicted molar refractivity (Wildman–Crippen MR) is 95.2 cm³/mol. The first kappa shape index (κ1) is 18.7. The van der Waals surface area contributed by atoms with Crippen LogP contribution in [0.25, 0.3) is 0 Å². The molecule has 0 amide bonds. The number of nitro benzene ring substituents is 1. The van der Waals surface area contributed by atoms with Gasteiger partial charge in [0.2, 0.25) is 10.0 Å². The molecule has 0 aliphatic heterocycles. The highest BCUT2D eigenvalue weighted by atomic mass is 35.5. The van der Waals surface area contributed by atoms with Gasteiger partial charge in [0, 0.05) is 34.3 Å². The van der Waals surface area contributed by atoms with Crippen LogP contribution in [0.1, 0.15) is 5.56 Å². The Morgan fingerprint density at radius 1 is 1.21 bits per heavy atom. The molecule has 0 aliphatic rings. The monoisotopic (exact) mass is 386 g/mol. The Bertz CT molecular complexity index is 839. The van der Waals surface area contributed by atoms with Crippen LogP contribution in [0.15, 0.2) is 52.3 Å². The van der Waals surface area contributed by atoms with Crippen LogP contribution in [0.5, 0.6) is 0 Å². The zero-order valence-electron chi connectivity index (χ0n) is 12.7. The lowest BCUT2D eigenvalue weighted by Gasteiger charge is -2.09. The first-order valence-electron chi connectivity index (χ1n) is 6.93. The van der Waals surface area contributed by atoms with E-state index in [2.05, 4.69) is 4.72 Å². The molecule has 128 valence electrons. The Balaban J connectivity index is 2.00. The average molecular weight is 387 g/mol. The maximum absolute atomic E-state index is 12.3. The van der Waals surface area contributed by atoms with Gasteiger partial charge >= 0.3 is 0 Å². The molecule has 24 heavy (non-hydrogen) atoms. The van der Waals surface area contributed by atoms with Crippen LogP contribution in [0.2, 0.25) is 5.02 Å². The van der Waals surface area contributed by atoms with Gasteiger partial charge in [0.15, 0.2) is 0 Å². The highest BCUT2D eigenvalue weighted by Gasteiger charge is 2.20. The summed E-state index contributed by atoms with van der Waals surface area (Å²) in [7, 11) is -3.80. The third-order valence-corrected chi connectivity index (χ3v) is 6.02. The fourth-order valence-electron chi connectivity index (χ4n) is 1.95. The summed E-state index contributed by atoms with van der Waals surface area (Å²) in [5.74, 6) is 0.523. The summed E-state index contributed by atoms with van der Waals surface area (Å²) in [6.45, 7) is 1.80. The van der Waals surface area contributed by atoms with E-state index in [1.54, 1.807) is 19.1 Å². The lowest BCUT2D eigenvalue weighted by molar-refractivity contribution is -0.385. The Labute approximate surface area is 149 Å². The fourth-order valence-corrected chi connectivity index (χ4v) is 4.26. The lowest BCUT2D eigenvalue weighted by Crippen LogP contribution is -2.26. The molecule has 0 heterocycles. The molecule has 0 atom stereocenters. The van der Waals surface area contributed by atoms with Crippen LogP contribution in [-0.2, 0) is 10.0 Å². The third-order valence-electron chi connectivity index (χ3n) is 3.15. The van der Waals surface area contributed by atoms with Gasteiger partial charge in [-0.2, -0.15) is 0 Å². The van der Waals surface area contributed by atoms with E-state index in [9.17, 15) is 18.5 Å². The number of rotatable bonds is 7. The summed E-state index contributed by atoms with van der Waals surface area (Å²) in [5, 5.41) is 11.5. The molecule has 0 radical (unpaired) electrons. The second-order valence-corrected chi connectivity index (χ2v) is 8.25. The zero-order chi connectivity index (χ0) is 17.7. The molecule has 9 heteroatoms. The second-order valence-electron chi connectivity index (χ2n) is 4.91. The molecule has 2 rings (SSSR count). The molecule has 0 saturated heterocycles. The number of nitrogens with zero attached hydrogens (tertiary/aromatic N) is 1. The standard InChI is InChI=1S/C15H15ClN2O4S2/c1-11-2-5-13(18(19)20)10-15(11)24(21,22)17-8-9-23-14-6-3-12(16)4-7-14/h2-7,10,17H,8-9H2,1H3. The molecule has 2 aromatic rings. The van der Waals surface area contributed by atoms with E-state index in [1.165, 1.54) is 23.9 Å². The molecule has 0 unspecified atom stereocenters. The minimum absolute atomic E-state index is 0.0757. The summed E-state index contributed by atoms with van der Waals surface area (Å²) in [5.41, 5.74) is 0.204. The van der Waals surface area contributed by atoms with E-state index in [0.29, 0.717) is 16.3 Å². The minimum atomic E-state index is -3.80. The molecule has 0 aliphatic carbocycles. The molecular weight excluding hydrogens is 372 g/mol. The third kappa shape index (κ3) is 4.94. The van der Waals surface area contributed by atoms with Crippen LogP contribution in [0.3, 0.4) is 0 Å². The van der Waals surface area contributed by atoms with Crippen molar-refractivity contribution >= 4 is 39.1 Å². The van der Waals surface area contributed by atoms with Crippen molar-refractivity contribution in [3.8, 4) is 0 Å². The summed E-state index contributed by atoms with van der Waals surface area (Å²) in [4.78, 5) is 11.1. The van der Waals surface area contributed by atoms with Gasteiger partial charge in [-0.1, -0.05) is 17.7 Å². The maximum atomic E-state index is 12.3. The number of nitrogens with one attached hydrogen (secondary N) is 1. The van der Waals surface area contributed by atoms with Gasteiger partial charge in [-0.25, -0.2) is 13.1 Å². The zero-order valence-corrected chi connectivity index (χ0v) is 15.1. The number of hydrogen-bond donors (Lipinski definition) is 1. The fraction of sp³-hybridized carbons (Fsp3) is 0.200. The van der Waals surface area contributed by atoms with Crippen LogP contribution in [0.4, 0.5) is 5.69 Å². The van der Waals surface area contributed by atoms with Gasteiger partial charge in [-0.3, -0.25) is 10.1 Å². The molecule has 0 spiro atoms. The van der Waals surface area contributed by atoms with Crippen LogP contribution >= 0.6 is 23.4 Å². The summed E-state index contributed by atoms with van der Waals surface area (Å²) >= 11 is 7.29. The number of benzene rings is 2. The number of non-ortho nitro benzene ring substituents is 1. The number of sulfonamides is 1. The second kappa shape index (κ2) is 7.98. The van der Waals surface area contributed by atoms with Gasteiger partial charge in [-0.05, 0) is 36.8 Å². The number of halogens is 1. The van der Waals surface area contributed by atoms with Crippen molar-refractivity contribution in [1.29, 1.82) is 0 Å². The molecular formula is C15H15ClN2O4S2. The Morgan fingerprint density at radius 3 is 2.50 bits per heavy atom. The normalized spacial score (nSPS) is 11.4. The topological polar surface area (TPSA) is 89.3 Å². The molecule has 0 saturated carbocycles. The first-order chi connectivity index (χ1) is 11.3. The molecule has 1 N–H and O–H groups in total. The SMILES string of the molecule is Cc1ccc([N+](=O)[O-])cc1S(=O)(=O)NCCSc1ccc(Cl)cc1. The van der Waals surface area contributed by atoms with E-state index < -0.39 is 14.9 Å². The molecule has 0 bridgehead atoms. The van der Waals surface area contributed by atoms with Gasteiger partial charge in [0.1, 0.15) is 0 Å². The van der Waals surface area contributed by atoms with Crippen molar-refractivity contribution in [2.45, 2.75) is 16.7 Å². The number of nitro groups is 1. The Kier molecular flexibility index (Phi) is 6.22. The Hall–Kier alpha value is -1.61. The van der Waals surface area contributed by atoms with E-state index >= 15 is 0 Å². The molecule has 0 aromatic heterocycles. The highest BCUT2D eigenvalue weighted by molar-refractivity contribution is 7.99. The van der Waals surface area contributed by atoms with Crippen molar-refractivity contribution in [2.24, 2.45) is 0 Å². The van der Waals surface area contributed by atoms with E-state index in [-0.39, 0.29) is 17.1 Å². The quantitative estimate of drug-likeness (QED) is 0.339. The lowest BCUT2D eigenvalue weighted by atomic mass is 10.2. The Morgan fingerprint density at radius 2 is 1.88 bits per heavy atom. The van der Waals surface area contributed by atoms with Crippen molar-refractivity contribution in [1.82, 2.24) is 4.72 Å². The highest BCUT2D eigenvalue weighted by Crippen LogP contribution is 2.22. The van der Waals surface area contributed by atoms with E-state index in [0.717, 1.165) is 11.0 Å². The van der Waals surface area contributed by atoms with E-state index in [1.807, 2.05) is 12.1 Å². The van der Waals surface area contributed by atoms with E-state index in [4.69, 9.17) is 11.6 Å². The smallest absolute Gasteiger partial charge is 0.258 e. The van der Waals surface area contributed by atoms with Crippen molar-refractivity contribution in [3.63, 3.8) is 0 Å². The van der Waals surface area contributed by atoms with Gasteiger partial charge in [-0.15, -0.1) is 11.8 Å². The van der Waals surface area contributed by atoms with Gasteiger partial charge in [0.25, 0.3) is 5.69 Å². The van der Waals surface area contributed by atoms with Gasteiger partial charge < -0.3 is 0 Å². The maximum Gasteiger partial charge on any atom is 0.270 e.